The highest BCUT2D eigenvalue weighted by Crippen LogP contribution is 2.44. The topological polar surface area (TPSA) is 41.1 Å². The SMILES string of the molecule is O=C(CC1CCCN1)NC(C1CC1)C1CC1. The average molecular weight is 222 g/mol. The first-order valence-corrected chi connectivity index (χ1v) is 6.85. The molecule has 3 nitrogen and oxygen atoms in total. The van der Waals surface area contributed by atoms with E-state index in [9.17, 15) is 4.79 Å². The van der Waals surface area contributed by atoms with E-state index in [1.807, 2.05) is 0 Å². The zero-order valence-corrected chi connectivity index (χ0v) is 9.87. The summed E-state index contributed by atoms with van der Waals surface area (Å²) in [6.07, 6.45) is 8.44. The monoisotopic (exact) mass is 222 g/mol. The van der Waals surface area contributed by atoms with Gasteiger partial charge in [-0.1, -0.05) is 0 Å². The van der Waals surface area contributed by atoms with E-state index in [4.69, 9.17) is 0 Å². The second kappa shape index (κ2) is 4.36. The number of carbonyl (C=O) groups excluding carboxylic acids is 1. The molecule has 0 aromatic heterocycles. The molecule has 0 aromatic carbocycles. The molecule has 1 unspecified atom stereocenters. The van der Waals surface area contributed by atoms with Crippen molar-refractivity contribution in [2.75, 3.05) is 6.54 Å². The van der Waals surface area contributed by atoms with Gasteiger partial charge in [0.25, 0.3) is 0 Å². The van der Waals surface area contributed by atoms with Gasteiger partial charge in [-0.3, -0.25) is 4.79 Å². The Morgan fingerprint density at radius 2 is 1.88 bits per heavy atom. The van der Waals surface area contributed by atoms with Gasteiger partial charge in [-0.2, -0.15) is 0 Å². The van der Waals surface area contributed by atoms with Crippen molar-refractivity contribution in [1.82, 2.24) is 10.6 Å². The lowest BCUT2D eigenvalue weighted by Crippen LogP contribution is -2.40. The molecule has 1 saturated heterocycles. The lowest BCUT2D eigenvalue weighted by atomic mass is 10.1. The summed E-state index contributed by atoms with van der Waals surface area (Å²) >= 11 is 0. The summed E-state index contributed by atoms with van der Waals surface area (Å²) in [6.45, 7) is 1.09. The molecule has 3 fully saturated rings. The normalized spacial score (nSPS) is 29.7. The van der Waals surface area contributed by atoms with E-state index in [0.29, 0.717) is 18.5 Å². The smallest absolute Gasteiger partial charge is 0.221 e. The maximum atomic E-state index is 11.9. The third-order valence-corrected chi connectivity index (χ3v) is 4.18. The Hall–Kier alpha value is -0.570. The fraction of sp³-hybridized carbons (Fsp3) is 0.923. The van der Waals surface area contributed by atoms with Crippen molar-refractivity contribution in [1.29, 1.82) is 0 Å². The predicted molar refractivity (Wildman–Crippen MR) is 63.0 cm³/mol. The molecule has 16 heavy (non-hydrogen) atoms. The highest BCUT2D eigenvalue weighted by Gasteiger charge is 2.42. The Morgan fingerprint density at radius 1 is 1.19 bits per heavy atom. The first-order chi connectivity index (χ1) is 7.83. The maximum absolute atomic E-state index is 11.9. The largest absolute Gasteiger partial charge is 0.353 e. The number of hydrogen-bond acceptors (Lipinski definition) is 2. The number of amides is 1. The second-order valence-electron chi connectivity index (χ2n) is 5.77. The molecule has 2 N–H and O–H groups in total. The summed E-state index contributed by atoms with van der Waals surface area (Å²) in [5, 5.41) is 6.68. The molecule has 1 heterocycles. The molecule has 1 aliphatic heterocycles. The molecule has 90 valence electrons. The third-order valence-electron chi connectivity index (χ3n) is 4.18. The number of carbonyl (C=O) groups is 1. The number of nitrogens with one attached hydrogen (secondary N) is 2. The van der Waals surface area contributed by atoms with Gasteiger partial charge in [0.2, 0.25) is 5.91 Å². The first kappa shape index (κ1) is 10.6. The minimum atomic E-state index is 0.281. The van der Waals surface area contributed by atoms with Gasteiger partial charge in [0.05, 0.1) is 0 Å². The Balaban J connectivity index is 1.46. The lowest BCUT2D eigenvalue weighted by molar-refractivity contribution is -0.122. The minimum absolute atomic E-state index is 0.281. The van der Waals surface area contributed by atoms with Gasteiger partial charge in [0.15, 0.2) is 0 Å². The molecular formula is C13H22N2O. The van der Waals surface area contributed by atoms with Gasteiger partial charge in [-0.25, -0.2) is 0 Å². The molecular weight excluding hydrogens is 200 g/mol. The molecule has 1 atom stereocenters. The van der Waals surface area contributed by atoms with Crippen LogP contribution in [0.15, 0.2) is 0 Å². The fourth-order valence-corrected chi connectivity index (χ4v) is 2.93. The van der Waals surface area contributed by atoms with Crippen LogP contribution in [0.4, 0.5) is 0 Å². The Bertz CT molecular complexity index is 253. The van der Waals surface area contributed by atoms with E-state index in [0.717, 1.165) is 18.4 Å². The lowest BCUT2D eigenvalue weighted by Gasteiger charge is -2.19. The van der Waals surface area contributed by atoms with Crippen LogP contribution in [-0.4, -0.2) is 24.5 Å². The van der Waals surface area contributed by atoms with Gasteiger partial charge in [0, 0.05) is 18.5 Å². The van der Waals surface area contributed by atoms with Gasteiger partial charge in [-0.15, -0.1) is 0 Å². The first-order valence-electron chi connectivity index (χ1n) is 6.85. The zero-order chi connectivity index (χ0) is 11.0. The zero-order valence-electron chi connectivity index (χ0n) is 9.87. The molecule has 2 aliphatic carbocycles. The van der Waals surface area contributed by atoms with Gasteiger partial charge in [-0.05, 0) is 56.9 Å². The average Bonchev–Trinajstić information content (AvgIpc) is 3.17. The molecule has 3 aliphatic rings. The Kier molecular flexibility index (Phi) is 2.88. The third kappa shape index (κ3) is 2.57. The van der Waals surface area contributed by atoms with Gasteiger partial charge >= 0.3 is 0 Å². The summed E-state index contributed by atoms with van der Waals surface area (Å²) < 4.78 is 0. The van der Waals surface area contributed by atoms with Gasteiger partial charge in [0.1, 0.15) is 0 Å². The summed E-state index contributed by atoms with van der Waals surface area (Å²) in [6, 6.07) is 0.966. The maximum Gasteiger partial charge on any atom is 0.221 e. The van der Waals surface area contributed by atoms with Crippen LogP contribution in [-0.2, 0) is 4.79 Å². The van der Waals surface area contributed by atoms with E-state index in [1.54, 1.807) is 0 Å². The highest BCUT2D eigenvalue weighted by molar-refractivity contribution is 5.77. The van der Waals surface area contributed by atoms with Crippen molar-refractivity contribution in [3.05, 3.63) is 0 Å². The van der Waals surface area contributed by atoms with Gasteiger partial charge < -0.3 is 10.6 Å². The highest BCUT2D eigenvalue weighted by atomic mass is 16.1. The standard InChI is InChI=1S/C13H22N2O/c16-12(8-11-2-1-7-14-11)15-13(9-3-4-9)10-5-6-10/h9-11,13-14H,1-8H2,(H,15,16). The van der Waals surface area contributed by atoms with Crippen LogP contribution in [0, 0.1) is 11.8 Å². The van der Waals surface area contributed by atoms with E-state index in [2.05, 4.69) is 10.6 Å². The molecule has 3 rings (SSSR count). The van der Waals surface area contributed by atoms with Crippen LogP contribution in [0.25, 0.3) is 0 Å². The number of rotatable bonds is 5. The van der Waals surface area contributed by atoms with Crippen molar-refractivity contribution < 1.29 is 4.79 Å². The van der Waals surface area contributed by atoms with Crippen LogP contribution >= 0.6 is 0 Å². The molecule has 0 spiro atoms. The van der Waals surface area contributed by atoms with E-state index >= 15 is 0 Å². The van der Waals surface area contributed by atoms with E-state index in [-0.39, 0.29) is 5.91 Å². The second-order valence-corrected chi connectivity index (χ2v) is 5.77. The molecule has 2 saturated carbocycles. The Morgan fingerprint density at radius 3 is 2.38 bits per heavy atom. The minimum Gasteiger partial charge on any atom is -0.353 e. The molecule has 0 radical (unpaired) electrons. The van der Waals surface area contributed by atoms with Crippen molar-refractivity contribution in [2.24, 2.45) is 11.8 Å². The quantitative estimate of drug-likeness (QED) is 0.739. The molecule has 0 bridgehead atoms. The summed E-state index contributed by atoms with van der Waals surface area (Å²) in [4.78, 5) is 11.9. The molecule has 1 amide bonds. The van der Waals surface area contributed by atoms with E-state index < -0.39 is 0 Å². The molecule has 3 heteroatoms. The van der Waals surface area contributed by atoms with Crippen molar-refractivity contribution in [3.63, 3.8) is 0 Å². The summed E-state index contributed by atoms with van der Waals surface area (Å²) in [5.41, 5.74) is 0. The van der Waals surface area contributed by atoms with Crippen LogP contribution in [0.1, 0.15) is 44.9 Å². The van der Waals surface area contributed by atoms with Crippen LogP contribution < -0.4 is 10.6 Å². The Labute approximate surface area is 97.4 Å². The van der Waals surface area contributed by atoms with Crippen LogP contribution in [0.2, 0.25) is 0 Å². The predicted octanol–water partition coefficient (Wildman–Crippen LogP) is 1.43. The summed E-state index contributed by atoms with van der Waals surface area (Å²) in [7, 11) is 0. The fourth-order valence-electron chi connectivity index (χ4n) is 2.93. The molecule has 0 aromatic rings. The van der Waals surface area contributed by atoms with Crippen LogP contribution in [0.3, 0.4) is 0 Å². The summed E-state index contributed by atoms with van der Waals surface area (Å²) in [5.74, 6) is 1.91. The number of hydrogen-bond donors (Lipinski definition) is 2. The van der Waals surface area contributed by atoms with E-state index in [1.165, 1.54) is 38.5 Å². The van der Waals surface area contributed by atoms with Crippen molar-refractivity contribution in [2.45, 2.75) is 57.0 Å². The van der Waals surface area contributed by atoms with Crippen molar-refractivity contribution in [3.8, 4) is 0 Å². The van der Waals surface area contributed by atoms with Crippen molar-refractivity contribution >= 4 is 5.91 Å². The van der Waals surface area contributed by atoms with Crippen LogP contribution in [0.5, 0.6) is 0 Å².